The number of carbonyl (C=O) groups excluding carboxylic acids is 3. The van der Waals surface area contributed by atoms with Crippen LogP contribution >= 0.6 is 11.8 Å². The predicted molar refractivity (Wildman–Crippen MR) is 130 cm³/mol. The SMILES string of the molecule is COc1ccc2ccc(OC)c(/C=C3/SC(=O)N(CC(=O)Nc4cccc(C(F)(F)F)c4)C3=O)c2c1. The van der Waals surface area contributed by atoms with Crippen LogP contribution in [0.3, 0.4) is 0 Å². The highest BCUT2D eigenvalue weighted by molar-refractivity contribution is 8.18. The summed E-state index contributed by atoms with van der Waals surface area (Å²) in [6, 6.07) is 13.0. The summed E-state index contributed by atoms with van der Waals surface area (Å²) in [6.07, 6.45) is -3.07. The summed E-state index contributed by atoms with van der Waals surface area (Å²) in [6.45, 7) is -0.654. The van der Waals surface area contributed by atoms with Crippen molar-refractivity contribution in [1.29, 1.82) is 0 Å². The lowest BCUT2D eigenvalue weighted by Gasteiger charge is -2.14. The van der Waals surface area contributed by atoms with E-state index in [1.807, 2.05) is 12.1 Å². The second-order valence-electron chi connectivity index (χ2n) is 7.66. The van der Waals surface area contributed by atoms with Crippen molar-refractivity contribution in [2.45, 2.75) is 6.18 Å². The Kier molecular flexibility index (Phi) is 6.93. The standard InChI is InChI=1S/C25H19F3N2O5S/c1-34-17-8-6-14-7-9-20(35-2)19(18(14)11-17)12-21-23(32)30(24(33)36-21)13-22(31)29-16-5-3-4-15(10-16)25(26,27)28/h3-12H,13H2,1-2H3,(H,29,31)/b21-12+. The molecule has 1 heterocycles. The number of nitrogens with zero attached hydrogens (tertiary/aromatic N) is 1. The van der Waals surface area contributed by atoms with E-state index in [4.69, 9.17) is 9.47 Å². The molecule has 4 rings (SSSR count). The first kappa shape index (κ1) is 25.1. The van der Waals surface area contributed by atoms with Gasteiger partial charge >= 0.3 is 6.18 Å². The van der Waals surface area contributed by atoms with Crippen LogP contribution in [0.15, 0.2) is 59.5 Å². The molecule has 1 fully saturated rings. The van der Waals surface area contributed by atoms with E-state index in [1.54, 1.807) is 18.2 Å². The Balaban J connectivity index is 1.58. The summed E-state index contributed by atoms with van der Waals surface area (Å²) in [5, 5.41) is 3.19. The molecule has 0 spiro atoms. The largest absolute Gasteiger partial charge is 0.497 e. The van der Waals surface area contributed by atoms with Gasteiger partial charge in [-0.1, -0.05) is 18.2 Å². The van der Waals surface area contributed by atoms with Gasteiger partial charge in [0, 0.05) is 11.3 Å². The lowest BCUT2D eigenvalue weighted by atomic mass is 10.0. The number of fused-ring (bicyclic) bond motifs is 1. The van der Waals surface area contributed by atoms with Crippen molar-refractivity contribution in [3.63, 3.8) is 0 Å². The molecule has 0 aliphatic carbocycles. The van der Waals surface area contributed by atoms with Gasteiger partial charge in [-0.05, 0) is 65.0 Å². The summed E-state index contributed by atoms with van der Waals surface area (Å²) in [5.74, 6) is -0.467. The third kappa shape index (κ3) is 5.15. The van der Waals surface area contributed by atoms with Crippen molar-refractivity contribution in [1.82, 2.24) is 4.90 Å². The average Bonchev–Trinajstić information content (AvgIpc) is 3.10. The van der Waals surface area contributed by atoms with E-state index < -0.39 is 35.3 Å². The van der Waals surface area contributed by atoms with Gasteiger partial charge < -0.3 is 14.8 Å². The predicted octanol–water partition coefficient (Wildman–Crippen LogP) is 5.55. The van der Waals surface area contributed by atoms with Gasteiger partial charge in [0.2, 0.25) is 5.91 Å². The number of hydrogen-bond donors (Lipinski definition) is 1. The first-order chi connectivity index (χ1) is 17.1. The topological polar surface area (TPSA) is 84.9 Å². The Bertz CT molecular complexity index is 1400. The van der Waals surface area contributed by atoms with Crippen LogP contribution in [0.1, 0.15) is 11.1 Å². The number of nitrogens with one attached hydrogen (secondary N) is 1. The number of imide groups is 1. The number of anilines is 1. The Morgan fingerprint density at radius 1 is 1.06 bits per heavy atom. The van der Waals surface area contributed by atoms with Gasteiger partial charge in [-0.3, -0.25) is 19.3 Å². The fourth-order valence-corrected chi connectivity index (χ4v) is 4.46. The van der Waals surface area contributed by atoms with Crippen LogP contribution < -0.4 is 14.8 Å². The van der Waals surface area contributed by atoms with Crippen LogP contribution in [0, 0.1) is 0 Å². The van der Waals surface area contributed by atoms with E-state index in [0.29, 0.717) is 28.8 Å². The molecule has 0 atom stereocenters. The molecule has 1 aliphatic rings. The number of ether oxygens (including phenoxy) is 2. The van der Waals surface area contributed by atoms with Gasteiger partial charge in [-0.15, -0.1) is 0 Å². The molecule has 3 aromatic carbocycles. The molecule has 0 bridgehead atoms. The number of halogens is 3. The molecule has 1 aliphatic heterocycles. The zero-order valence-corrected chi connectivity index (χ0v) is 19.8. The molecule has 0 unspecified atom stereocenters. The normalized spacial score (nSPS) is 15.0. The zero-order chi connectivity index (χ0) is 26.0. The molecule has 36 heavy (non-hydrogen) atoms. The highest BCUT2D eigenvalue weighted by Crippen LogP contribution is 2.38. The van der Waals surface area contributed by atoms with Crippen LogP contribution in [0.2, 0.25) is 0 Å². The molecule has 11 heteroatoms. The van der Waals surface area contributed by atoms with Crippen molar-refractivity contribution in [2.24, 2.45) is 0 Å². The van der Waals surface area contributed by atoms with Crippen molar-refractivity contribution >= 4 is 51.4 Å². The van der Waals surface area contributed by atoms with Crippen LogP contribution in [-0.2, 0) is 15.8 Å². The van der Waals surface area contributed by atoms with Gasteiger partial charge in [-0.2, -0.15) is 13.2 Å². The number of thioether (sulfide) groups is 1. The van der Waals surface area contributed by atoms with Crippen LogP contribution in [0.4, 0.5) is 23.7 Å². The average molecular weight is 516 g/mol. The van der Waals surface area contributed by atoms with E-state index in [9.17, 15) is 27.6 Å². The van der Waals surface area contributed by atoms with E-state index in [2.05, 4.69) is 5.32 Å². The number of hydrogen-bond acceptors (Lipinski definition) is 6. The third-order valence-electron chi connectivity index (χ3n) is 5.37. The number of alkyl halides is 3. The molecular weight excluding hydrogens is 497 g/mol. The maximum atomic E-state index is 13.0. The lowest BCUT2D eigenvalue weighted by Crippen LogP contribution is -2.36. The summed E-state index contributed by atoms with van der Waals surface area (Å²) in [5.41, 5.74) is -0.491. The summed E-state index contributed by atoms with van der Waals surface area (Å²) in [7, 11) is 3.00. The highest BCUT2D eigenvalue weighted by atomic mass is 32.2. The maximum absolute atomic E-state index is 13.0. The number of methoxy groups -OCH3 is 2. The Labute approximate surface area is 207 Å². The summed E-state index contributed by atoms with van der Waals surface area (Å²) >= 11 is 0.651. The van der Waals surface area contributed by atoms with E-state index in [0.717, 1.165) is 33.9 Å². The lowest BCUT2D eigenvalue weighted by molar-refractivity contribution is -0.137. The zero-order valence-electron chi connectivity index (χ0n) is 19.0. The van der Waals surface area contributed by atoms with E-state index in [-0.39, 0.29) is 10.6 Å². The van der Waals surface area contributed by atoms with Crippen LogP contribution in [0.25, 0.3) is 16.8 Å². The number of carbonyl (C=O) groups is 3. The second-order valence-corrected chi connectivity index (χ2v) is 8.66. The minimum Gasteiger partial charge on any atom is -0.497 e. The molecule has 0 radical (unpaired) electrons. The molecule has 0 saturated carbocycles. The monoisotopic (exact) mass is 516 g/mol. The fourth-order valence-electron chi connectivity index (χ4n) is 3.64. The van der Waals surface area contributed by atoms with Gasteiger partial charge in [0.25, 0.3) is 11.1 Å². The number of amides is 3. The highest BCUT2D eigenvalue weighted by Gasteiger charge is 2.37. The van der Waals surface area contributed by atoms with Crippen LogP contribution in [0.5, 0.6) is 11.5 Å². The minimum atomic E-state index is -4.58. The van der Waals surface area contributed by atoms with Crippen LogP contribution in [-0.4, -0.2) is 42.7 Å². The number of rotatable bonds is 6. The quantitative estimate of drug-likeness (QED) is 0.433. The fraction of sp³-hybridized carbons (Fsp3) is 0.160. The van der Waals surface area contributed by atoms with Gasteiger partial charge in [0.1, 0.15) is 18.0 Å². The Morgan fingerprint density at radius 2 is 1.81 bits per heavy atom. The van der Waals surface area contributed by atoms with Crippen molar-refractivity contribution in [2.75, 3.05) is 26.1 Å². The molecule has 3 amide bonds. The van der Waals surface area contributed by atoms with Gasteiger partial charge in [0.15, 0.2) is 0 Å². The maximum Gasteiger partial charge on any atom is 0.416 e. The van der Waals surface area contributed by atoms with Gasteiger partial charge in [0.05, 0.1) is 24.7 Å². The Morgan fingerprint density at radius 3 is 2.50 bits per heavy atom. The van der Waals surface area contributed by atoms with Crippen molar-refractivity contribution in [3.8, 4) is 11.5 Å². The Hall–Kier alpha value is -3.99. The smallest absolute Gasteiger partial charge is 0.416 e. The third-order valence-corrected chi connectivity index (χ3v) is 6.28. The van der Waals surface area contributed by atoms with E-state index in [1.165, 1.54) is 26.4 Å². The summed E-state index contributed by atoms with van der Waals surface area (Å²) in [4.78, 5) is 38.7. The molecule has 1 saturated heterocycles. The van der Waals surface area contributed by atoms with Crippen molar-refractivity contribution in [3.05, 3.63) is 70.6 Å². The molecule has 1 N–H and O–H groups in total. The summed E-state index contributed by atoms with van der Waals surface area (Å²) < 4.78 is 49.5. The molecule has 0 aromatic heterocycles. The molecule has 186 valence electrons. The first-order valence-corrected chi connectivity index (χ1v) is 11.3. The van der Waals surface area contributed by atoms with Gasteiger partial charge in [-0.25, -0.2) is 0 Å². The molecule has 7 nitrogen and oxygen atoms in total. The molecule has 3 aromatic rings. The first-order valence-electron chi connectivity index (χ1n) is 10.5. The molecular formula is C25H19F3N2O5S. The van der Waals surface area contributed by atoms with E-state index >= 15 is 0 Å². The minimum absolute atomic E-state index is 0.0699. The van der Waals surface area contributed by atoms with Crippen molar-refractivity contribution < 1.29 is 37.0 Å². The second kappa shape index (κ2) is 9.94. The number of benzene rings is 3.